The van der Waals surface area contributed by atoms with Crippen molar-refractivity contribution in [2.24, 2.45) is 0 Å². The van der Waals surface area contributed by atoms with Crippen molar-refractivity contribution in [1.29, 1.82) is 0 Å². The van der Waals surface area contributed by atoms with Crippen LogP contribution in [-0.2, 0) is 9.05 Å². The Labute approximate surface area is 135 Å². The lowest BCUT2D eigenvalue weighted by atomic mass is 9.98. The molecule has 0 radical (unpaired) electrons. The van der Waals surface area contributed by atoms with Crippen molar-refractivity contribution < 1.29 is 13.6 Å². The van der Waals surface area contributed by atoms with Crippen LogP contribution in [0.3, 0.4) is 0 Å². The van der Waals surface area contributed by atoms with E-state index in [9.17, 15) is 0 Å². The Morgan fingerprint density at radius 3 is 1.68 bits per heavy atom. The molecule has 2 aliphatic rings. The second-order valence-corrected chi connectivity index (χ2v) is 7.41. The van der Waals surface area contributed by atoms with E-state index >= 15 is 0 Å². The fourth-order valence-corrected chi connectivity index (χ4v) is 4.56. The average molecular weight is 322 g/mol. The van der Waals surface area contributed by atoms with Gasteiger partial charge in [-0.25, -0.2) is 0 Å². The molecular formula is C18H27O3P. The van der Waals surface area contributed by atoms with Crippen molar-refractivity contribution in [3.63, 3.8) is 0 Å². The predicted octanol–water partition coefficient (Wildman–Crippen LogP) is 5.99. The molecular weight excluding hydrogens is 295 g/mol. The lowest BCUT2D eigenvalue weighted by Crippen LogP contribution is -2.20. The predicted molar refractivity (Wildman–Crippen MR) is 89.9 cm³/mol. The summed E-state index contributed by atoms with van der Waals surface area (Å²) in [6.45, 7) is 0. The minimum absolute atomic E-state index is 0.312. The van der Waals surface area contributed by atoms with Gasteiger partial charge in [-0.3, -0.25) is 9.05 Å². The Balaban J connectivity index is 1.58. The molecule has 0 aromatic heterocycles. The van der Waals surface area contributed by atoms with Crippen LogP contribution in [0.4, 0.5) is 0 Å². The zero-order chi connectivity index (χ0) is 15.0. The van der Waals surface area contributed by atoms with E-state index in [0.29, 0.717) is 12.2 Å². The Bertz CT molecular complexity index is 394. The molecule has 0 amide bonds. The zero-order valence-electron chi connectivity index (χ0n) is 13.3. The quantitative estimate of drug-likeness (QED) is 0.602. The molecule has 3 rings (SSSR count). The van der Waals surface area contributed by atoms with Crippen molar-refractivity contribution >= 4 is 8.60 Å². The highest BCUT2D eigenvalue weighted by molar-refractivity contribution is 7.42. The van der Waals surface area contributed by atoms with Crippen LogP contribution in [0.2, 0.25) is 0 Å². The van der Waals surface area contributed by atoms with Crippen molar-refractivity contribution in [2.75, 3.05) is 0 Å². The van der Waals surface area contributed by atoms with Gasteiger partial charge in [-0.1, -0.05) is 56.7 Å². The molecule has 22 heavy (non-hydrogen) atoms. The third-order valence-electron chi connectivity index (χ3n) is 4.50. The lowest BCUT2D eigenvalue weighted by Gasteiger charge is -2.29. The van der Waals surface area contributed by atoms with Crippen molar-refractivity contribution in [3.8, 4) is 5.75 Å². The topological polar surface area (TPSA) is 27.7 Å². The van der Waals surface area contributed by atoms with Gasteiger partial charge < -0.3 is 4.52 Å². The summed E-state index contributed by atoms with van der Waals surface area (Å²) < 4.78 is 18.5. The van der Waals surface area contributed by atoms with Crippen LogP contribution < -0.4 is 4.52 Å². The molecule has 4 heteroatoms. The van der Waals surface area contributed by atoms with Gasteiger partial charge >= 0.3 is 8.60 Å². The lowest BCUT2D eigenvalue weighted by molar-refractivity contribution is 0.0801. The minimum atomic E-state index is -1.28. The third-order valence-corrected chi connectivity index (χ3v) is 5.80. The molecule has 0 bridgehead atoms. The normalized spacial score (nSPS) is 21.1. The van der Waals surface area contributed by atoms with E-state index in [1.807, 2.05) is 30.3 Å². The highest BCUT2D eigenvalue weighted by Crippen LogP contribution is 2.46. The van der Waals surface area contributed by atoms with Crippen LogP contribution in [0.1, 0.15) is 64.2 Å². The van der Waals surface area contributed by atoms with E-state index in [4.69, 9.17) is 13.6 Å². The molecule has 1 aromatic rings. The Hall–Kier alpha value is -0.630. The third kappa shape index (κ3) is 5.22. The van der Waals surface area contributed by atoms with Gasteiger partial charge in [-0.2, -0.15) is 0 Å². The van der Waals surface area contributed by atoms with Crippen LogP contribution in [0, 0.1) is 0 Å². The molecule has 122 valence electrons. The summed E-state index contributed by atoms with van der Waals surface area (Å²) in [5.74, 6) is 0.847. The van der Waals surface area contributed by atoms with Gasteiger partial charge in [0.2, 0.25) is 0 Å². The van der Waals surface area contributed by atoms with Crippen LogP contribution in [0.5, 0.6) is 5.75 Å². The SMILES string of the molecule is c1ccc(OP(OC2CCCCC2)OC2CCCCC2)cc1. The molecule has 0 heterocycles. The molecule has 1 aromatic carbocycles. The molecule has 0 unspecified atom stereocenters. The fourth-order valence-electron chi connectivity index (χ4n) is 3.22. The molecule has 0 atom stereocenters. The molecule has 2 fully saturated rings. The second-order valence-electron chi connectivity index (χ2n) is 6.36. The maximum Gasteiger partial charge on any atom is 0.397 e. The highest BCUT2D eigenvalue weighted by Gasteiger charge is 2.27. The number of rotatable bonds is 6. The maximum atomic E-state index is 6.22. The van der Waals surface area contributed by atoms with E-state index in [1.165, 1.54) is 38.5 Å². The average Bonchev–Trinajstić information content (AvgIpc) is 2.57. The van der Waals surface area contributed by atoms with E-state index in [1.54, 1.807) is 0 Å². The molecule has 0 aliphatic heterocycles. The molecule has 0 saturated heterocycles. The smallest absolute Gasteiger partial charge is 0.397 e. The molecule has 2 aliphatic carbocycles. The summed E-state index contributed by atoms with van der Waals surface area (Å²) in [5.41, 5.74) is 0. The van der Waals surface area contributed by atoms with Crippen molar-refractivity contribution in [3.05, 3.63) is 30.3 Å². The summed E-state index contributed by atoms with van der Waals surface area (Å²) in [6, 6.07) is 9.93. The van der Waals surface area contributed by atoms with Crippen LogP contribution in [-0.4, -0.2) is 12.2 Å². The number of para-hydroxylation sites is 1. The van der Waals surface area contributed by atoms with E-state index in [0.717, 1.165) is 31.4 Å². The monoisotopic (exact) mass is 322 g/mol. The van der Waals surface area contributed by atoms with Gasteiger partial charge in [0.1, 0.15) is 5.75 Å². The highest BCUT2D eigenvalue weighted by atomic mass is 31.2. The van der Waals surface area contributed by atoms with Crippen LogP contribution >= 0.6 is 8.60 Å². The molecule has 0 N–H and O–H groups in total. The van der Waals surface area contributed by atoms with Gasteiger partial charge in [0, 0.05) is 0 Å². The van der Waals surface area contributed by atoms with E-state index in [2.05, 4.69) is 0 Å². The fraction of sp³-hybridized carbons (Fsp3) is 0.667. The largest absolute Gasteiger partial charge is 0.427 e. The Morgan fingerprint density at radius 2 is 1.18 bits per heavy atom. The van der Waals surface area contributed by atoms with Gasteiger partial charge in [0.25, 0.3) is 0 Å². The summed E-state index contributed by atoms with van der Waals surface area (Å²) in [4.78, 5) is 0. The van der Waals surface area contributed by atoms with E-state index in [-0.39, 0.29) is 0 Å². The first-order valence-corrected chi connectivity index (χ1v) is 9.86. The molecule has 2 saturated carbocycles. The standard InChI is InChI=1S/C18H27O3P/c1-4-10-16(11-5-1)19-22(20-17-12-6-2-7-13-17)21-18-14-8-3-9-15-18/h1,4-5,10-11,17-18H,2-3,6-9,12-15H2. The summed E-state index contributed by atoms with van der Waals surface area (Å²) in [5, 5.41) is 0. The van der Waals surface area contributed by atoms with E-state index < -0.39 is 8.60 Å². The van der Waals surface area contributed by atoms with Crippen molar-refractivity contribution in [2.45, 2.75) is 76.4 Å². The van der Waals surface area contributed by atoms with Crippen LogP contribution in [0.25, 0.3) is 0 Å². The molecule has 3 nitrogen and oxygen atoms in total. The summed E-state index contributed by atoms with van der Waals surface area (Å²) >= 11 is 0. The maximum absolute atomic E-state index is 6.22. The minimum Gasteiger partial charge on any atom is -0.427 e. The van der Waals surface area contributed by atoms with Gasteiger partial charge in [-0.15, -0.1) is 0 Å². The number of hydrogen-bond donors (Lipinski definition) is 0. The summed E-state index contributed by atoms with van der Waals surface area (Å²) in [7, 11) is -1.28. The number of hydrogen-bond acceptors (Lipinski definition) is 3. The van der Waals surface area contributed by atoms with Gasteiger partial charge in [-0.05, 0) is 37.8 Å². The molecule has 0 spiro atoms. The second kappa shape index (κ2) is 8.86. The Morgan fingerprint density at radius 1 is 0.682 bits per heavy atom. The van der Waals surface area contributed by atoms with Crippen molar-refractivity contribution in [1.82, 2.24) is 0 Å². The van der Waals surface area contributed by atoms with Crippen LogP contribution in [0.15, 0.2) is 30.3 Å². The zero-order valence-corrected chi connectivity index (χ0v) is 14.2. The first-order valence-electron chi connectivity index (χ1n) is 8.77. The number of benzene rings is 1. The summed E-state index contributed by atoms with van der Waals surface area (Å²) in [6.07, 6.45) is 12.9. The first kappa shape index (κ1) is 16.2. The first-order chi connectivity index (χ1) is 10.9. The Kier molecular flexibility index (Phi) is 6.54. The van der Waals surface area contributed by atoms with Gasteiger partial charge in [0.05, 0.1) is 12.2 Å². The van der Waals surface area contributed by atoms with Gasteiger partial charge in [0.15, 0.2) is 0 Å².